The van der Waals surface area contributed by atoms with Crippen molar-refractivity contribution < 1.29 is 14.3 Å². The van der Waals surface area contributed by atoms with Crippen LogP contribution in [-0.2, 0) is 15.0 Å². The lowest BCUT2D eigenvalue weighted by Gasteiger charge is -2.33. The first-order valence-electron chi connectivity index (χ1n) is 11.9. The maximum Gasteiger partial charge on any atom is 0.294 e. The fourth-order valence-electron chi connectivity index (χ4n) is 4.56. The molecule has 2 aromatic rings. The van der Waals surface area contributed by atoms with Crippen molar-refractivity contribution in [1.29, 1.82) is 0 Å². The van der Waals surface area contributed by atoms with Crippen molar-refractivity contribution in [2.45, 2.75) is 64.8 Å². The summed E-state index contributed by atoms with van der Waals surface area (Å²) in [7, 11) is 0. The van der Waals surface area contributed by atoms with E-state index in [1.54, 1.807) is 11.0 Å². The molecule has 1 fully saturated rings. The van der Waals surface area contributed by atoms with Crippen LogP contribution in [0.3, 0.4) is 0 Å². The van der Waals surface area contributed by atoms with Crippen molar-refractivity contribution in [3.63, 3.8) is 0 Å². The summed E-state index contributed by atoms with van der Waals surface area (Å²) in [5, 5.41) is 3.18. The van der Waals surface area contributed by atoms with Crippen LogP contribution in [0.2, 0.25) is 0 Å². The molecule has 33 heavy (non-hydrogen) atoms. The maximum absolute atomic E-state index is 13.5. The van der Waals surface area contributed by atoms with Crippen LogP contribution in [0.5, 0.6) is 5.75 Å². The molecular weight excluding hydrogens is 412 g/mol. The van der Waals surface area contributed by atoms with E-state index in [0.29, 0.717) is 17.4 Å². The Balaban J connectivity index is 1.65. The first-order valence-corrected chi connectivity index (χ1v) is 11.9. The summed E-state index contributed by atoms with van der Waals surface area (Å²) in [6.45, 7) is 8.54. The number of fused-ring (bicyclic) bond motifs is 1. The molecule has 1 aliphatic heterocycles. The maximum atomic E-state index is 13.5. The fourth-order valence-corrected chi connectivity index (χ4v) is 4.56. The number of amides is 2. The highest BCUT2D eigenvalue weighted by atomic mass is 16.5. The van der Waals surface area contributed by atoms with Crippen LogP contribution in [0, 0.1) is 5.92 Å². The zero-order valence-electron chi connectivity index (χ0n) is 20.1. The zero-order chi connectivity index (χ0) is 23.6. The van der Waals surface area contributed by atoms with Gasteiger partial charge in [0.1, 0.15) is 6.54 Å². The van der Waals surface area contributed by atoms with Crippen molar-refractivity contribution in [3.8, 4) is 5.75 Å². The van der Waals surface area contributed by atoms with Crippen LogP contribution in [0.15, 0.2) is 54.3 Å². The Morgan fingerprint density at radius 1 is 1.12 bits per heavy atom. The van der Waals surface area contributed by atoms with Gasteiger partial charge in [0.2, 0.25) is 5.91 Å². The second kappa shape index (κ2) is 9.42. The summed E-state index contributed by atoms with van der Waals surface area (Å²) < 4.78 is 6.03. The van der Waals surface area contributed by atoms with Gasteiger partial charge in [0.15, 0.2) is 11.5 Å². The van der Waals surface area contributed by atoms with Crippen molar-refractivity contribution in [2.24, 2.45) is 5.92 Å². The predicted molar refractivity (Wildman–Crippen MR) is 132 cm³/mol. The highest BCUT2D eigenvalue weighted by molar-refractivity contribution is 6.12. The third-order valence-electron chi connectivity index (χ3n) is 6.65. The molecule has 0 unspecified atom stereocenters. The van der Waals surface area contributed by atoms with Crippen molar-refractivity contribution in [3.05, 3.63) is 65.4 Å². The van der Waals surface area contributed by atoms with Crippen molar-refractivity contribution in [1.82, 2.24) is 5.32 Å². The van der Waals surface area contributed by atoms with Crippen molar-refractivity contribution >= 4 is 23.6 Å². The Morgan fingerprint density at radius 3 is 2.55 bits per heavy atom. The third kappa shape index (κ3) is 5.29. The van der Waals surface area contributed by atoms with E-state index < -0.39 is 0 Å². The smallest absolute Gasteiger partial charge is 0.294 e. The monoisotopic (exact) mass is 446 g/mol. The van der Waals surface area contributed by atoms with Gasteiger partial charge in [-0.3, -0.25) is 14.5 Å². The lowest BCUT2D eigenvalue weighted by atomic mass is 9.86. The molecule has 1 aliphatic carbocycles. The molecule has 0 saturated heterocycles. The number of rotatable bonds is 4. The topological polar surface area (TPSA) is 58.6 Å². The second-order valence-corrected chi connectivity index (χ2v) is 10.3. The Hall–Kier alpha value is -3.08. The normalized spacial score (nSPS) is 22.0. The van der Waals surface area contributed by atoms with Gasteiger partial charge in [-0.15, -0.1) is 0 Å². The average Bonchev–Trinajstić information content (AvgIpc) is 2.78. The number of hydrogen-bond acceptors (Lipinski definition) is 3. The van der Waals surface area contributed by atoms with E-state index in [2.05, 4.69) is 33.0 Å². The van der Waals surface area contributed by atoms with E-state index in [9.17, 15) is 9.59 Å². The van der Waals surface area contributed by atoms with Gasteiger partial charge in [-0.25, -0.2) is 0 Å². The highest BCUT2D eigenvalue weighted by Crippen LogP contribution is 2.39. The molecule has 2 amide bonds. The van der Waals surface area contributed by atoms with Gasteiger partial charge >= 0.3 is 0 Å². The molecule has 5 heteroatoms. The van der Waals surface area contributed by atoms with Crippen molar-refractivity contribution in [2.75, 3.05) is 11.4 Å². The molecule has 2 aliphatic rings. The Morgan fingerprint density at radius 2 is 1.85 bits per heavy atom. The second-order valence-electron chi connectivity index (χ2n) is 10.3. The van der Waals surface area contributed by atoms with Gasteiger partial charge in [0.05, 0.1) is 5.69 Å². The van der Waals surface area contributed by atoms with Crippen LogP contribution in [0.25, 0.3) is 6.08 Å². The van der Waals surface area contributed by atoms with Gasteiger partial charge in [-0.2, -0.15) is 0 Å². The predicted octanol–water partition coefficient (Wildman–Crippen LogP) is 5.45. The van der Waals surface area contributed by atoms with E-state index in [4.69, 9.17) is 4.74 Å². The summed E-state index contributed by atoms with van der Waals surface area (Å²) in [5.41, 5.74) is 2.50. The minimum atomic E-state index is -0.302. The SMILES string of the molecule is C[C@H]1CCCC[C@H]1NC(=O)CN1C(=O)/C(=C/c2ccccc2)Oc2ccc(C(C)(C)C)cc21. The largest absolute Gasteiger partial charge is 0.449 e. The molecule has 0 spiro atoms. The van der Waals surface area contributed by atoms with Crippen LogP contribution >= 0.6 is 0 Å². The average molecular weight is 447 g/mol. The molecule has 1 heterocycles. The van der Waals surface area contributed by atoms with E-state index >= 15 is 0 Å². The first kappa shape index (κ1) is 23.1. The summed E-state index contributed by atoms with van der Waals surface area (Å²) in [6.07, 6.45) is 6.20. The zero-order valence-corrected chi connectivity index (χ0v) is 20.1. The van der Waals surface area contributed by atoms with Crippen LogP contribution in [-0.4, -0.2) is 24.4 Å². The fraction of sp³-hybridized carbons (Fsp3) is 0.429. The molecule has 0 bridgehead atoms. The number of nitrogens with zero attached hydrogens (tertiary/aromatic N) is 1. The standard InChI is InChI=1S/C28H34N2O3/c1-19-10-8-9-13-22(19)29-26(31)18-30-23-17-21(28(2,3)4)14-15-24(23)33-25(27(30)32)16-20-11-6-5-7-12-20/h5-7,11-12,14-17,19,22H,8-10,13,18H2,1-4H3,(H,29,31)/b25-16-/t19-,22+/m0/s1. The van der Waals surface area contributed by atoms with E-state index in [-0.39, 0.29) is 35.6 Å². The van der Waals surface area contributed by atoms with Gasteiger partial charge < -0.3 is 10.1 Å². The van der Waals surface area contributed by atoms with Crippen LogP contribution in [0.1, 0.15) is 64.5 Å². The van der Waals surface area contributed by atoms with Gasteiger partial charge in [0, 0.05) is 6.04 Å². The van der Waals surface area contributed by atoms with Gasteiger partial charge in [-0.1, -0.05) is 76.9 Å². The minimum absolute atomic E-state index is 0.0296. The number of carbonyl (C=O) groups is 2. The third-order valence-corrected chi connectivity index (χ3v) is 6.65. The number of ether oxygens (including phenoxy) is 1. The molecule has 1 N–H and O–H groups in total. The molecule has 0 aromatic heterocycles. The number of hydrogen-bond donors (Lipinski definition) is 1. The summed E-state index contributed by atoms with van der Waals surface area (Å²) in [5.74, 6) is 0.829. The molecule has 0 radical (unpaired) electrons. The molecule has 174 valence electrons. The minimum Gasteiger partial charge on any atom is -0.449 e. The van der Waals surface area contributed by atoms with Gasteiger partial charge in [-0.05, 0) is 53.5 Å². The van der Waals surface area contributed by atoms with E-state index in [0.717, 1.165) is 30.4 Å². The summed E-state index contributed by atoms with van der Waals surface area (Å²) >= 11 is 0. The quantitative estimate of drug-likeness (QED) is 0.636. The lowest BCUT2D eigenvalue weighted by molar-refractivity contribution is -0.124. The molecule has 4 rings (SSSR count). The Kier molecular flexibility index (Phi) is 6.59. The van der Waals surface area contributed by atoms with Gasteiger partial charge in [0.25, 0.3) is 5.91 Å². The number of benzene rings is 2. The molecule has 2 atom stereocenters. The van der Waals surface area contributed by atoms with E-state index in [1.807, 2.05) is 48.5 Å². The number of nitrogens with one attached hydrogen (secondary N) is 1. The number of carbonyl (C=O) groups excluding carboxylic acids is 2. The molecule has 5 nitrogen and oxygen atoms in total. The molecule has 2 aromatic carbocycles. The number of anilines is 1. The highest BCUT2D eigenvalue weighted by Gasteiger charge is 2.34. The lowest BCUT2D eigenvalue weighted by Crippen LogP contribution is -2.48. The summed E-state index contributed by atoms with van der Waals surface area (Å²) in [6, 6.07) is 15.7. The van der Waals surface area contributed by atoms with E-state index in [1.165, 1.54) is 6.42 Å². The Bertz CT molecular complexity index is 1050. The Labute approximate surface area is 196 Å². The molecule has 1 saturated carbocycles. The first-order chi connectivity index (χ1) is 15.7. The van der Waals surface area contributed by atoms with Crippen LogP contribution in [0.4, 0.5) is 5.69 Å². The van der Waals surface area contributed by atoms with Crippen LogP contribution < -0.4 is 15.0 Å². The molecular formula is C28H34N2O3. The summed E-state index contributed by atoms with van der Waals surface area (Å²) in [4.78, 5) is 28.1.